The molecule has 2 heterocycles. The van der Waals surface area contributed by atoms with Crippen LogP contribution in [-0.4, -0.2) is 35.0 Å². The number of ether oxygens (including phenoxy) is 1. The van der Waals surface area contributed by atoms with Crippen LogP contribution in [0.3, 0.4) is 0 Å². The fraction of sp³-hybridized carbons (Fsp3) is 0.316. The smallest absolute Gasteiger partial charge is 0.408 e. The molecule has 7 heteroatoms. The van der Waals surface area contributed by atoms with E-state index in [2.05, 4.69) is 5.32 Å². The Morgan fingerprint density at radius 1 is 1.15 bits per heavy atom. The minimum Gasteiger partial charge on any atom is -0.444 e. The Hall–Kier alpha value is -2.67. The van der Waals surface area contributed by atoms with Crippen LogP contribution in [0.15, 0.2) is 41.1 Å². The van der Waals surface area contributed by atoms with Crippen molar-refractivity contribution in [2.24, 2.45) is 0 Å². The van der Waals surface area contributed by atoms with E-state index in [9.17, 15) is 14.4 Å². The van der Waals surface area contributed by atoms with Gasteiger partial charge in [-0.05, 0) is 55.3 Å². The van der Waals surface area contributed by atoms with Gasteiger partial charge in [-0.15, -0.1) is 0 Å². The number of carbonyl (C=O) groups excluding carboxylic acids is 3. The molecule has 3 rings (SSSR count). The van der Waals surface area contributed by atoms with Gasteiger partial charge >= 0.3 is 6.09 Å². The summed E-state index contributed by atoms with van der Waals surface area (Å²) in [5.74, 6) is -0.700. The van der Waals surface area contributed by atoms with E-state index in [1.54, 1.807) is 45.0 Å². The number of rotatable bonds is 4. The van der Waals surface area contributed by atoms with Gasteiger partial charge in [-0.3, -0.25) is 14.5 Å². The van der Waals surface area contributed by atoms with Crippen LogP contribution in [0.2, 0.25) is 0 Å². The maximum Gasteiger partial charge on any atom is 0.408 e. The third-order valence-corrected chi connectivity index (χ3v) is 4.58. The van der Waals surface area contributed by atoms with Crippen LogP contribution in [0, 0.1) is 0 Å². The second kappa shape index (κ2) is 6.92. The third kappa shape index (κ3) is 3.77. The lowest BCUT2D eigenvalue weighted by atomic mass is 10.1. The lowest BCUT2D eigenvalue weighted by molar-refractivity contribution is 0.0467. The van der Waals surface area contributed by atoms with Crippen LogP contribution in [0.4, 0.5) is 4.79 Å². The molecule has 1 aliphatic rings. The second-order valence-electron chi connectivity index (χ2n) is 7.02. The maximum absolute atomic E-state index is 12.6. The van der Waals surface area contributed by atoms with Gasteiger partial charge in [-0.2, -0.15) is 11.3 Å². The number of thiophene rings is 1. The topological polar surface area (TPSA) is 75.7 Å². The van der Waals surface area contributed by atoms with E-state index in [0.29, 0.717) is 11.1 Å². The summed E-state index contributed by atoms with van der Waals surface area (Å²) in [5.41, 5.74) is 0.953. The molecule has 0 unspecified atom stereocenters. The molecule has 0 fully saturated rings. The molecule has 1 atom stereocenters. The Balaban J connectivity index is 1.80. The Bertz CT molecular complexity index is 804. The first kappa shape index (κ1) is 18.1. The van der Waals surface area contributed by atoms with E-state index in [1.807, 2.05) is 16.8 Å². The number of hydrogen-bond donors (Lipinski definition) is 1. The van der Waals surface area contributed by atoms with Crippen molar-refractivity contribution in [1.29, 1.82) is 0 Å². The molecule has 6 nitrogen and oxygen atoms in total. The first-order valence-corrected chi connectivity index (χ1v) is 9.17. The fourth-order valence-corrected chi connectivity index (χ4v) is 3.46. The molecule has 26 heavy (non-hydrogen) atoms. The first-order chi connectivity index (χ1) is 12.3. The molecule has 0 spiro atoms. The summed E-state index contributed by atoms with van der Waals surface area (Å²) in [7, 11) is 0. The molecule has 1 aromatic heterocycles. The maximum atomic E-state index is 12.6. The minimum atomic E-state index is -0.640. The van der Waals surface area contributed by atoms with Gasteiger partial charge in [0.1, 0.15) is 5.60 Å². The highest BCUT2D eigenvalue weighted by atomic mass is 32.1. The number of fused-ring (bicyclic) bond motifs is 1. The zero-order valence-corrected chi connectivity index (χ0v) is 15.6. The van der Waals surface area contributed by atoms with Crippen LogP contribution in [0.25, 0.3) is 0 Å². The number of hydrogen-bond acceptors (Lipinski definition) is 5. The molecule has 0 saturated heterocycles. The van der Waals surface area contributed by atoms with Gasteiger partial charge in [0.25, 0.3) is 11.8 Å². The molecule has 3 amide bonds. The zero-order valence-electron chi connectivity index (χ0n) is 14.8. The summed E-state index contributed by atoms with van der Waals surface area (Å²) >= 11 is 1.47. The summed E-state index contributed by atoms with van der Waals surface area (Å²) in [4.78, 5) is 38.6. The molecule has 136 valence electrons. The van der Waals surface area contributed by atoms with Crippen molar-refractivity contribution in [3.63, 3.8) is 0 Å². The summed E-state index contributed by atoms with van der Waals surface area (Å²) in [6.07, 6.45) is -0.592. The molecule has 0 aliphatic carbocycles. The van der Waals surface area contributed by atoms with Crippen molar-refractivity contribution >= 4 is 29.2 Å². The highest BCUT2D eigenvalue weighted by molar-refractivity contribution is 7.08. The van der Waals surface area contributed by atoms with Gasteiger partial charge in [0.15, 0.2) is 0 Å². The van der Waals surface area contributed by atoms with Crippen molar-refractivity contribution in [2.45, 2.75) is 32.4 Å². The van der Waals surface area contributed by atoms with Gasteiger partial charge in [0, 0.05) is 0 Å². The van der Waals surface area contributed by atoms with Crippen LogP contribution in [0.5, 0.6) is 0 Å². The molecular formula is C19H20N2O4S. The molecule has 1 aromatic carbocycles. The summed E-state index contributed by atoms with van der Waals surface area (Å²) < 4.78 is 5.31. The number of nitrogens with zero attached hydrogens (tertiary/aromatic N) is 1. The lowest BCUT2D eigenvalue weighted by Gasteiger charge is -2.25. The second-order valence-corrected chi connectivity index (χ2v) is 7.80. The Morgan fingerprint density at radius 3 is 2.27 bits per heavy atom. The van der Waals surface area contributed by atoms with Crippen molar-refractivity contribution in [3.8, 4) is 0 Å². The molecule has 1 N–H and O–H groups in total. The van der Waals surface area contributed by atoms with Crippen LogP contribution < -0.4 is 5.32 Å². The highest BCUT2D eigenvalue weighted by Gasteiger charge is 2.37. The first-order valence-electron chi connectivity index (χ1n) is 8.23. The van der Waals surface area contributed by atoms with E-state index in [1.165, 1.54) is 16.2 Å². The largest absolute Gasteiger partial charge is 0.444 e. The third-order valence-electron chi connectivity index (χ3n) is 3.88. The average Bonchev–Trinajstić information content (AvgIpc) is 3.16. The average molecular weight is 372 g/mol. The standard InChI is InChI=1S/C19H20N2O4S/c1-19(2,3)25-18(24)20-15(12-8-9-26-11-12)10-21-16(22)13-6-4-5-7-14(13)17(21)23/h4-9,11,15H,10H2,1-3H3,(H,20,24)/t15-/m1/s1. The van der Waals surface area contributed by atoms with Crippen LogP contribution in [0.1, 0.15) is 53.1 Å². The highest BCUT2D eigenvalue weighted by Crippen LogP contribution is 2.26. The molecular weight excluding hydrogens is 352 g/mol. The number of amides is 3. The number of imide groups is 1. The van der Waals surface area contributed by atoms with E-state index >= 15 is 0 Å². The SMILES string of the molecule is CC(C)(C)OC(=O)N[C@H](CN1C(=O)c2ccccc2C1=O)c1ccsc1. The fourth-order valence-electron chi connectivity index (χ4n) is 2.74. The quantitative estimate of drug-likeness (QED) is 0.832. The number of carbonyl (C=O) groups is 3. The van der Waals surface area contributed by atoms with Crippen LogP contribution in [-0.2, 0) is 4.74 Å². The van der Waals surface area contributed by atoms with Crippen LogP contribution >= 0.6 is 11.3 Å². The van der Waals surface area contributed by atoms with E-state index in [4.69, 9.17) is 4.74 Å². The van der Waals surface area contributed by atoms with Crippen molar-refractivity contribution in [2.75, 3.05) is 6.54 Å². The van der Waals surface area contributed by atoms with Gasteiger partial charge in [-0.25, -0.2) is 4.79 Å². The normalized spacial score (nSPS) is 15.0. The molecule has 2 aromatic rings. The molecule has 0 bridgehead atoms. The number of benzene rings is 1. The zero-order chi connectivity index (χ0) is 18.9. The minimum absolute atomic E-state index is 0.0440. The number of alkyl carbamates (subject to hydrolysis) is 1. The number of nitrogens with one attached hydrogen (secondary N) is 1. The van der Waals surface area contributed by atoms with Crippen molar-refractivity contribution < 1.29 is 19.1 Å². The van der Waals surface area contributed by atoms with Gasteiger partial charge in [0.2, 0.25) is 0 Å². The summed E-state index contributed by atoms with van der Waals surface area (Å²) in [6.45, 7) is 5.37. The van der Waals surface area contributed by atoms with Gasteiger partial charge < -0.3 is 10.1 Å². The molecule has 1 aliphatic heterocycles. The summed E-state index contributed by atoms with van der Waals surface area (Å²) in [6, 6.07) is 8.03. The lowest BCUT2D eigenvalue weighted by Crippen LogP contribution is -2.42. The van der Waals surface area contributed by atoms with E-state index < -0.39 is 17.7 Å². The monoisotopic (exact) mass is 372 g/mol. The summed E-state index contributed by atoms with van der Waals surface area (Å²) in [5, 5.41) is 6.52. The van der Waals surface area contributed by atoms with Gasteiger partial charge in [0.05, 0.1) is 23.7 Å². The van der Waals surface area contributed by atoms with Crippen molar-refractivity contribution in [3.05, 3.63) is 57.8 Å². The van der Waals surface area contributed by atoms with E-state index in [-0.39, 0.29) is 18.4 Å². The predicted octanol–water partition coefficient (Wildman–Crippen LogP) is 3.61. The Morgan fingerprint density at radius 2 is 1.77 bits per heavy atom. The molecule has 0 saturated carbocycles. The molecule has 0 radical (unpaired) electrons. The Labute approximate surface area is 155 Å². The van der Waals surface area contributed by atoms with Gasteiger partial charge in [-0.1, -0.05) is 12.1 Å². The van der Waals surface area contributed by atoms with Crippen molar-refractivity contribution in [1.82, 2.24) is 10.2 Å². The van der Waals surface area contributed by atoms with E-state index in [0.717, 1.165) is 5.56 Å². The Kier molecular flexibility index (Phi) is 4.82. The predicted molar refractivity (Wildman–Crippen MR) is 98.2 cm³/mol.